The molecule has 0 spiro atoms. The molecule has 0 fully saturated rings. The summed E-state index contributed by atoms with van der Waals surface area (Å²) in [5, 5.41) is 12.3. The molecular formula is C19H19ClFNO5. The molecule has 6 nitrogen and oxygen atoms in total. The Morgan fingerprint density at radius 2 is 1.67 bits per heavy atom. The Labute approximate surface area is 160 Å². The number of benzene rings is 2. The van der Waals surface area contributed by atoms with Crippen molar-refractivity contribution in [3.8, 4) is 11.5 Å². The molecule has 2 rings (SSSR count). The van der Waals surface area contributed by atoms with Gasteiger partial charge in [0.1, 0.15) is 17.3 Å². The first kappa shape index (κ1) is 20.5. The molecule has 0 bridgehead atoms. The summed E-state index contributed by atoms with van der Waals surface area (Å²) < 4.78 is 23.8. The fourth-order valence-electron chi connectivity index (χ4n) is 2.10. The number of carboxylic acids is 1. The fourth-order valence-corrected chi connectivity index (χ4v) is 2.22. The van der Waals surface area contributed by atoms with Crippen LogP contribution >= 0.6 is 11.6 Å². The summed E-state index contributed by atoms with van der Waals surface area (Å²) in [5.41, 5.74) is -1.26. The van der Waals surface area contributed by atoms with Gasteiger partial charge in [-0.2, -0.15) is 0 Å². The molecule has 0 aliphatic rings. The van der Waals surface area contributed by atoms with Gasteiger partial charge in [-0.1, -0.05) is 11.6 Å². The molecule has 0 aliphatic heterocycles. The van der Waals surface area contributed by atoms with Gasteiger partial charge >= 0.3 is 5.97 Å². The van der Waals surface area contributed by atoms with Crippen molar-refractivity contribution in [3.63, 3.8) is 0 Å². The monoisotopic (exact) mass is 395 g/mol. The van der Waals surface area contributed by atoms with Gasteiger partial charge < -0.3 is 19.9 Å². The van der Waals surface area contributed by atoms with Crippen molar-refractivity contribution in [1.29, 1.82) is 0 Å². The number of ether oxygens (including phenoxy) is 2. The van der Waals surface area contributed by atoms with Crippen molar-refractivity contribution in [1.82, 2.24) is 5.32 Å². The molecule has 0 aliphatic carbocycles. The highest BCUT2D eigenvalue weighted by Crippen LogP contribution is 2.21. The number of hydrogen-bond acceptors (Lipinski definition) is 4. The van der Waals surface area contributed by atoms with Gasteiger partial charge in [0, 0.05) is 5.02 Å². The lowest BCUT2D eigenvalue weighted by molar-refractivity contribution is -0.145. The van der Waals surface area contributed by atoms with Gasteiger partial charge in [0.05, 0.1) is 6.54 Å². The Morgan fingerprint density at radius 3 is 2.22 bits per heavy atom. The van der Waals surface area contributed by atoms with E-state index < -0.39 is 29.4 Å². The van der Waals surface area contributed by atoms with Gasteiger partial charge in [0.25, 0.3) is 5.91 Å². The highest BCUT2D eigenvalue weighted by Gasteiger charge is 2.31. The molecule has 0 saturated carbocycles. The molecule has 8 heteroatoms. The second kappa shape index (κ2) is 8.73. The Kier molecular flexibility index (Phi) is 6.63. The summed E-state index contributed by atoms with van der Waals surface area (Å²) in [6, 6.07) is 11.4. The molecule has 0 heterocycles. The van der Waals surface area contributed by atoms with Crippen molar-refractivity contribution in [2.45, 2.75) is 25.6 Å². The molecule has 144 valence electrons. The highest BCUT2D eigenvalue weighted by atomic mass is 35.5. The van der Waals surface area contributed by atoms with Crippen LogP contribution in [0.15, 0.2) is 48.5 Å². The standard InChI is InChI=1S/C19H19ClFNO5/c1-19(2,27-15-7-3-12(20)4-8-15)18(25)22-11-16(17(23)24)26-14-9-5-13(21)6-10-14/h3-10,16H,11H2,1-2H3,(H,22,25)(H,23,24). The van der Waals surface area contributed by atoms with Crippen LogP contribution in [0.5, 0.6) is 11.5 Å². The SMILES string of the molecule is CC(C)(Oc1ccc(Cl)cc1)C(=O)NCC(Oc1ccc(F)cc1)C(=O)O. The molecular weight excluding hydrogens is 377 g/mol. The Balaban J connectivity index is 1.96. The van der Waals surface area contributed by atoms with Crippen LogP contribution < -0.4 is 14.8 Å². The summed E-state index contributed by atoms with van der Waals surface area (Å²) in [4.78, 5) is 23.8. The molecule has 1 unspecified atom stereocenters. The van der Waals surface area contributed by atoms with Crippen LogP contribution in [0.4, 0.5) is 4.39 Å². The lowest BCUT2D eigenvalue weighted by atomic mass is 10.1. The van der Waals surface area contributed by atoms with Crippen LogP contribution in [0, 0.1) is 5.82 Å². The minimum atomic E-state index is -1.34. The van der Waals surface area contributed by atoms with Gasteiger partial charge in [-0.25, -0.2) is 9.18 Å². The average Bonchev–Trinajstić information content (AvgIpc) is 2.61. The van der Waals surface area contributed by atoms with E-state index in [1.165, 1.54) is 12.1 Å². The average molecular weight is 396 g/mol. The predicted molar refractivity (Wildman–Crippen MR) is 97.6 cm³/mol. The number of nitrogens with one attached hydrogen (secondary N) is 1. The number of carbonyl (C=O) groups is 2. The minimum absolute atomic E-state index is 0.176. The van der Waals surface area contributed by atoms with Crippen molar-refractivity contribution in [3.05, 3.63) is 59.4 Å². The third-order valence-electron chi connectivity index (χ3n) is 3.55. The smallest absolute Gasteiger partial charge is 0.346 e. The summed E-state index contributed by atoms with van der Waals surface area (Å²) in [6.45, 7) is 2.81. The van der Waals surface area contributed by atoms with Crippen LogP contribution in [0.2, 0.25) is 5.02 Å². The second-order valence-corrected chi connectivity index (χ2v) is 6.61. The molecule has 2 N–H and O–H groups in total. The van der Waals surface area contributed by atoms with Crippen LogP contribution in [-0.4, -0.2) is 35.2 Å². The maximum atomic E-state index is 12.9. The quantitative estimate of drug-likeness (QED) is 0.716. The van der Waals surface area contributed by atoms with Crippen molar-refractivity contribution < 1.29 is 28.6 Å². The van der Waals surface area contributed by atoms with E-state index in [-0.39, 0.29) is 12.3 Å². The first-order chi connectivity index (χ1) is 12.7. The van der Waals surface area contributed by atoms with Gasteiger partial charge in [-0.15, -0.1) is 0 Å². The summed E-state index contributed by atoms with van der Waals surface area (Å²) >= 11 is 5.81. The highest BCUT2D eigenvalue weighted by molar-refractivity contribution is 6.30. The van der Waals surface area contributed by atoms with Gasteiger partial charge in [-0.05, 0) is 62.4 Å². The van der Waals surface area contributed by atoms with Crippen molar-refractivity contribution in [2.75, 3.05) is 6.54 Å². The van der Waals surface area contributed by atoms with Crippen LogP contribution in [0.25, 0.3) is 0 Å². The Bertz CT molecular complexity index is 793. The number of aliphatic carboxylic acids is 1. The Hall–Kier alpha value is -2.80. The molecule has 1 atom stereocenters. The summed E-state index contributed by atoms with van der Waals surface area (Å²) in [5.74, 6) is -1.64. The van der Waals surface area contributed by atoms with E-state index in [1.807, 2.05) is 0 Å². The zero-order valence-electron chi connectivity index (χ0n) is 14.7. The topological polar surface area (TPSA) is 84.9 Å². The molecule has 1 amide bonds. The second-order valence-electron chi connectivity index (χ2n) is 6.17. The minimum Gasteiger partial charge on any atom is -0.478 e. The number of rotatable bonds is 8. The number of carboxylic acid groups (broad SMARTS) is 1. The predicted octanol–water partition coefficient (Wildman–Crippen LogP) is 3.28. The number of hydrogen-bond donors (Lipinski definition) is 2. The first-order valence-electron chi connectivity index (χ1n) is 8.05. The van der Waals surface area contributed by atoms with Crippen LogP contribution in [-0.2, 0) is 9.59 Å². The van der Waals surface area contributed by atoms with E-state index in [0.29, 0.717) is 10.8 Å². The summed E-state index contributed by atoms with van der Waals surface area (Å²) in [6.07, 6.45) is -1.34. The van der Waals surface area contributed by atoms with Crippen LogP contribution in [0.1, 0.15) is 13.8 Å². The molecule has 0 saturated heterocycles. The molecule has 2 aromatic rings. The first-order valence-corrected chi connectivity index (χ1v) is 8.43. The van der Waals surface area contributed by atoms with E-state index >= 15 is 0 Å². The zero-order valence-corrected chi connectivity index (χ0v) is 15.5. The molecule has 2 aromatic carbocycles. The van der Waals surface area contributed by atoms with E-state index in [2.05, 4.69) is 5.32 Å². The normalized spacial score (nSPS) is 12.1. The lowest BCUT2D eigenvalue weighted by Crippen LogP contribution is -2.50. The number of carbonyl (C=O) groups excluding carboxylic acids is 1. The third-order valence-corrected chi connectivity index (χ3v) is 3.80. The number of amides is 1. The number of halogens is 2. The Morgan fingerprint density at radius 1 is 1.11 bits per heavy atom. The molecule has 0 radical (unpaired) electrons. The van der Waals surface area contributed by atoms with Crippen molar-refractivity contribution in [2.24, 2.45) is 0 Å². The van der Waals surface area contributed by atoms with Gasteiger partial charge in [0.15, 0.2) is 5.60 Å². The van der Waals surface area contributed by atoms with Crippen molar-refractivity contribution >= 4 is 23.5 Å². The molecule has 27 heavy (non-hydrogen) atoms. The van der Waals surface area contributed by atoms with E-state index in [1.54, 1.807) is 38.1 Å². The molecule has 0 aromatic heterocycles. The largest absolute Gasteiger partial charge is 0.478 e. The van der Waals surface area contributed by atoms with Gasteiger partial charge in [0.2, 0.25) is 6.10 Å². The maximum Gasteiger partial charge on any atom is 0.346 e. The summed E-state index contributed by atoms with van der Waals surface area (Å²) in [7, 11) is 0. The van der Waals surface area contributed by atoms with Crippen LogP contribution in [0.3, 0.4) is 0 Å². The zero-order chi connectivity index (χ0) is 20.0. The van der Waals surface area contributed by atoms with E-state index in [4.69, 9.17) is 21.1 Å². The lowest BCUT2D eigenvalue weighted by Gasteiger charge is -2.26. The fraction of sp³-hybridized carbons (Fsp3) is 0.263. The maximum absolute atomic E-state index is 12.9. The van der Waals surface area contributed by atoms with E-state index in [0.717, 1.165) is 12.1 Å². The van der Waals surface area contributed by atoms with Gasteiger partial charge in [-0.3, -0.25) is 4.79 Å². The van der Waals surface area contributed by atoms with E-state index in [9.17, 15) is 19.1 Å². The third kappa shape index (κ3) is 6.14.